The second kappa shape index (κ2) is 7.02. The minimum Gasteiger partial charge on any atom is -0.478 e. The number of hydrogen-bond donors (Lipinski definition) is 0. The maximum atomic E-state index is 12.5. The lowest BCUT2D eigenvalue weighted by Crippen LogP contribution is -2.55. The fraction of sp³-hybridized carbons (Fsp3) is 0.737. The van der Waals surface area contributed by atoms with Crippen molar-refractivity contribution in [2.75, 3.05) is 51.8 Å². The molecule has 7 nitrogen and oxygen atoms in total. The highest BCUT2D eigenvalue weighted by atomic mass is 16.5. The zero-order valence-corrected chi connectivity index (χ0v) is 15.9. The van der Waals surface area contributed by atoms with Gasteiger partial charge in [0.15, 0.2) is 5.82 Å². The largest absolute Gasteiger partial charge is 0.478 e. The molecule has 0 unspecified atom stereocenters. The first-order valence-electron chi connectivity index (χ1n) is 9.68. The molecule has 4 rings (SSSR count). The van der Waals surface area contributed by atoms with Crippen molar-refractivity contribution in [3.8, 4) is 5.88 Å². The highest BCUT2D eigenvalue weighted by Crippen LogP contribution is 2.42. The number of amides is 1. The molecule has 4 heterocycles. The Morgan fingerprint density at radius 1 is 1.15 bits per heavy atom. The van der Waals surface area contributed by atoms with E-state index in [1.54, 1.807) is 19.5 Å². The van der Waals surface area contributed by atoms with Crippen LogP contribution in [0.1, 0.15) is 32.1 Å². The molecule has 142 valence electrons. The number of likely N-dealkylation sites (tertiary alicyclic amines) is 2. The minimum atomic E-state index is 0.265. The third-order valence-corrected chi connectivity index (χ3v) is 6.47. The summed E-state index contributed by atoms with van der Waals surface area (Å²) >= 11 is 0. The summed E-state index contributed by atoms with van der Waals surface area (Å²) in [6.45, 7) is 4.94. The second-order valence-corrected chi connectivity index (χ2v) is 8.10. The summed E-state index contributed by atoms with van der Waals surface area (Å²) in [6, 6.07) is 0.405. The third-order valence-electron chi connectivity index (χ3n) is 6.47. The Labute approximate surface area is 155 Å². The zero-order chi connectivity index (χ0) is 18.1. The lowest BCUT2D eigenvalue weighted by Gasteiger charge is -2.49. The fourth-order valence-corrected chi connectivity index (χ4v) is 4.82. The monoisotopic (exact) mass is 359 g/mol. The van der Waals surface area contributed by atoms with E-state index in [0.29, 0.717) is 24.2 Å². The number of aromatic nitrogens is 2. The number of carbonyl (C=O) groups excluding carboxylic acids is 1. The van der Waals surface area contributed by atoms with Gasteiger partial charge >= 0.3 is 0 Å². The molecule has 0 radical (unpaired) electrons. The standard InChI is InChI=1S/C19H29N5O2/c1-22-10-4-15(13-22)24-14-19(5-3-16(24)25)6-11-23(12-7-19)17-18(26-2)21-9-8-20-17/h8-9,15H,3-7,10-14H2,1-2H3/t15-/m1/s1. The summed E-state index contributed by atoms with van der Waals surface area (Å²) in [5, 5.41) is 0. The SMILES string of the molecule is COc1nccnc1N1CCC2(CCC(=O)N([C@@H]3CCN(C)C3)C2)CC1. The Hall–Kier alpha value is -1.89. The number of methoxy groups -OCH3 is 1. The number of nitrogens with zero attached hydrogens (tertiary/aromatic N) is 5. The van der Waals surface area contributed by atoms with E-state index in [0.717, 1.165) is 64.2 Å². The normalized spacial score (nSPS) is 26.5. The van der Waals surface area contributed by atoms with Gasteiger partial charge in [0.05, 0.1) is 7.11 Å². The summed E-state index contributed by atoms with van der Waals surface area (Å²) in [4.78, 5) is 28.1. The van der Waals surface area contributed by atoms with Gasteiger partial charge in [-0.1, -0.05) is 0 Å². The van der Waals surface area contributed by atoms with Crippen LogP contribution in [0.5, 0.6) is 5.88 Å². The van der Waals surface area contributed by atoms with E-state index in [1.807, 2.05) is 0 Å². The maximum Gasteiger partial charge on any atom is 0.257 e. The molecule has 26 heavy (non-hydrogen) atoms. The van der Waals surface area contributed by atoms with Gasteiger partial charge in [0.1, 0.15) is 0 Å². The Kier molecular flexibility index (Phi) is 4.73. The summed E-state index contributed by atoms with van der Waals surface area (Å²) in [5.41, 5.74) is 0.265. The number of anilines is 1. The molecule has 1 spiro atoms. The van der Waals surface area contributed by atoms with Crippen molar-refractivity contribution in [3.05, 3.63) is 12.4 Å². The van der Waals surface area contributed by atoms with Gasteiger partial charge in [-0.25, -0.2) is 9.97 Å². The van der Waals surface area contributed by atoms with E-state index in [9.17, 15) is 4.79 Å². The van der Waals surface area contributed by atoms with Gasteiger partial charge in [0.2, 0.25) is 5.91 Å². The maximum absolute atomic E-state index is 12.5. The van der Waals surface area contributed by atoms with E-state index >= 15 is 0 Å². The molecule has 0 bridgehead atoms. The number of rotatable bonds is 3. The fourth-order valence-electron chi connectivity index (χ4n) is 4.82. The van der Waals surface area contributed by atoms with Crippen LogP contribution in [-0.2, 0) is 4.79 Å². The Morgan fingerprint density at radius 2 is 1.92 bits per heavy atom. The molecule has 1 amide bonds. The van der Waals surface area contributed by atoms with Crippen molar-refractivity contribution >= 4 is 11.7 Å². The molecule has 7 heteroatoms. The van der Waals surface area contributed by atoms with Crippen molar-refractivity contribution in [1.82, 2.24) is 19.8 Å². The molecule has 3 aliphatic rings. The predicted octanol–water partition coefficient (Wildman–Crippen LogP) is 1.40. The number of ether oxygens (including phenoxy) is 1. The van der Waals surface area contributed by atoms with Crippen LogP contribution in [0.2, 0.25) is 0 Å². The number of piperidine rings is 2. The first-order chi connectivity index (χ1) is 12.6. The van der Waals surface area contributed by atoms with Gasteiger partial charge in [-0.3, -0.25) is 4.79 Å². The van der Waals surface area contributed by atoms with Crippen LogP contribution in [0.25, 0.3) is 0 Å². The average molecular weight is 359 g/mol. The van der Waals surface area contributed by atoms with Crippen molar-refractivity contribution < 1.29 is 9.53 Å². The number of hydrogen-bond acceptors (Lipinski definition) is 6. The van der Waals surface area contributed by atoms with Gasteiger partial charge < -0.3 is 19.4 Å². The van der Waals surface area contributed by atoms with Crippen LogP contribution in [0.15, 0.2) is 12.4 Å². The van der Waals surface area contributed by atoms with Crippen LogP contribution < -0.4 is 9.64 Å². The Bertz CT molecular complexity index is 659. The van der Waals surface area contributed by atoms with E-state index in [4.69, 9.17) is 4.74 Å². The molecule has 0 saturated carbocycles. The third kappa shape index (κ3) is 3.24. The molecular weight excluding hydrogens is 330 g/mol. The topological polar surface area (TPSA) is 61.8 Å². The van der Waals surface area contributed by atoms with Crippen molar-refractivity contribution in [1.29, 1.82) is 0 Å². The van der Waals surface area contributed by atoms with Gasteiger partial charge in [0, 0.05) is 51.0 Å². The summed E-state index contributed by atoms with van der Waals surface area (Å²) in [7, 11) is 3.79. The molecule has 0 N–H and O–H groups in total. The van der Waals surface area contributed by atoms with Gasteiger partial charge in [-0.15, -0.1) is 0 Å². The van der Waals surface area contributed by atoms with Crippen LogP contribution in [0.3, 0.4) is 0 Å². The van der Waals surface area contributed by atoms with Crippen molar-refractivity contribution in [2.45, 2.75) is 38.1 Å². The van der Waals surface area contributed by atoms with Crippen molar-refractivity contribution in [2.24, 2.45) is 5.41 Å². The molecule has 3 saturated heterocycles. The van der Waals surface area contributed by atoms with Crippen LogP contribution in [0, 0.1) is 5.41 Å². The predicted molar refractivity (Wildman–Crippen MR) is 99.3 cm³/mol. The summed E-state index contributed by atoms with van der Waals surface area (Å²) in [5.74, 6) is 1.79. The van der Waals surface area contributed by atoms with Crippen LogP contribution >= 0.6 is 0 Å². The first-order valence-corrected chi connectivity index (χ1v) is 9.68. The van der Waals surface area contributed by atoms with E-state index < -0.39 is 0 Å². The van der Waals surface area contributed by atoms with Crippen LogP contribution in [0.4, 0.5) is 5.82 Å². The highest BCUT2D eigenvalue weighted by molar-refractivity contribution is 5.77. The summed E-state index contributed by atoms with van der Waals surface area (Å²) in [6.07, 6.45) is 8.42. The van der Waals surface area contributed by atoms with E-state index in [1.165, 1.54) is 0 Å². The van der Waals surface area contributed by atoms with E-state index in [2.05, 4.69) is 31.7 Å². The minimum absolute atomic E-state index is 0.265. The molecule has 1 atom stereocenters. The first kappa shape index (κ1) is 17.5. The van der Waals surface area contributed by atoms with Crippen LogP contribution in [-0.4, -0.2) is 78.6 Å². The molecule has 0 aliphatic carbocycles. The number of carbonyl (C=O) groups is 1. The number of likely N-dealkylation sites (N-methyl/N-ethyl adjacent to an activating group) is 1. The molecule has 1 aromatic heterocycles. The second-order valence-electron chi connectivity index (χ2n) is 8.10. The molecule has 3 aliphatic heterocycles. The lowest BCUT2D eigenvalue weighted by atomic mass is 9.72. The molecular formula is C19H29N5O2. The molecule has 3 fully saturated rings. The highest BCUT2D eigenvalue weighted by Gasteiger charge is 2.44. The summed E-state index contributed by atoms with van der Waals surface area (Å²) < 4.78 is 5.37. The van der Waals surface area contributed by atoms with Gasteiger partial charge in [-0.2, -0.15) is 0 Å². The van der Waals surface area contributed by atoms with Crippen molar-refractivity contribution in [3.63, 3.8) is 0 Å². The Balaban J connectivity index is 1.43. The smallest absolute Gasteiger partial charge is 0.257 e. The van der Waals surface area contributed by atoms with Gasteiger partial charge in [-0.05, 0) is 44.7 Å². The average Bonchev–Trinajstić information content (AvgIpc) is 3.11. The Morgan fingerprint density at radius 3 is 2.62 bits per heavy atom. The quantitative estimate of drug-likeness (QED) is 0.813. The van der Waals surface area contributed by atoms with E-state index in [-0.39, 0.29) is 5.41 Å². The lowest BCUT2D eigenvalue weighted by molar-refractivity contribution is -0.141. The molecule has 0 aromatic carbocycles. The molecule has 1 aromatic rings. The zero-order valence-electron chi connectivity index (χ0n) is 15.9. The van der Waals surface area contributed by atoms with Gasteiger partial charge in [0.25, 0.3) is 5.88 Å².